The summed E-state index contributed by atoms with van der Waals surface area (Å²) in [5.74, 6) is 0.984. The molecule has 0 aromatic heterocycles. The number of nitrogens with zero attached hydrogens (tertiary/aromatic N) is 2. The summed E-state index contributed by atoms with van der Waals surface area (Å²) in [5, 5.41) is 0. The summed E-state index contributed by atoms with van der Waals surface area (Å²) in [6.07, 6.45) is 3.66. The van der Waals surface area contributed by atoms with Crippen LogP contribution in [0.15, 0.2) is 78.9 Å². The van der Waals surface area contributed by atoms with Gasteiger partial charge in [0, 0.05) is 30.4 Å². The molecule has 5 rings (SSSR count). The number of hydrogen-bond donors (Lipinski definition) is 0. The molecule has 30 heavy (non-hydrogen) atoms. The standard InChI is InChI=1S/C26H28N2O.ClH/c1-2-9-21(10-3-1)16-18-27-17-8-12-23(27)19-28-24-13-5-4-11-22(24)20-29-26-15-7-6-14-25(26)28;/h1-7,9-11,13-15,23H,8,12,16-20H2;1H/t23-;/m1./s1. The van der Waals surface area contributed by atoms with Crippen molar-refractivity contribution in [1.29, 1.82) is 0 Å². The van der Waals surface area contributed by atoms with Crippen molar-refractivity contribution in [1.82, 2.24) is 4.90 Å². The van der Waals surface area contributed by atoms with Crippen molar-refractivity contribution in [3.05, 3.63) is 90.0 Å². The summed E-state index contributed by atoms with van der Waals surface area (Å²) in [5.41, 5.74) is 5.16. The molecule has 2 heterocycles. The van der Waals surface area contributed by atoms with Crippen molar-refractivity contribution in [3.8, 4) is 5.75 Å². The third kappa shape index (κ3) is 4.33. The second kappa shape index (κ2) is 9.55. The fraction of sp³-hybridized carbons (Fsp3) is 0.308. The van der Waals surface area contributed by atoms with Gasteiger partial charge in [0.15, 0.2) is 0 Å². The third-order valence-electron chi connectivity index (χ3n) is 6.24. The first-order chi connectivity index (χ1) is 14.4. The van der Waals surface area contributed by atoms with Gasteiger partial charge in [-0.05, 0) is 49.6 Å². The lowest BCUT2D eigenvalue weighted by Gasteiger charge is -2.32. The molecule has 2 aliphatic heterocycles. The van der Waals surface area contributed by atoms with Crippen LogP contribution in [0.2, 0.25) is 0 Å². The minimum atomic E-state index is 0. The Morgan fingerprint density at radius 3 is 2.43 bits per heavy atom. The van der Waals surface area contributed by atoms with Crippen LogP contribution in [0.3, 0.4) is 0 Å². The molecule has 0 unspecified atom stereocenters. The zero-order valence-electron chi connectivity index (χ0n) is 17.2. The molecular formula is C26H29ClN2O. The molecule has 156 valence electrons. The van der Waals surface area contributed by atoms with Crippen molar-refractivity contribution >= 4 is 23.8 Å². The minimum absolute atomic E-state index is 0. The van der Waals surface area contributed by atoms with Crippen LogP contribution in [0.25, 0.3) is 0 Å². The summed E-state index contributed by atoms with van der Waals surface area (Å²) < 4.78 is 6.15. The van der Waals surface area contributed by atoms with Gasteiger partial charge in [-0.15, -0.1) is 12.4 Å². The van der Waals surface area contributed by atoms with Crippen LogP contribution in [0.1, 0.15) is 24.0 Å². The van der Waals surface area contributed by atoms with Gasteiger partial charge in [0.25, 0.3) is 0 Å². The van der Waals surface area contributed by atoms with Crippen LogP contribution in [-0.4, -0.2) is 30.6 Å². The van der Waals surface area contributed by atoms with Crippen molar-refractivity contribution in [2.75, 3.05) is 24.5 Å². The van der Waals surface area contributed by atoms with Gasteiger partial charge < -0.3 is 9.64 Å². The summed E-state index contributed by atoms with van der Waals surface area (Å²) in [4.78, 5) is 5.17. The fourth-order valence-corrected chi connectivity index (χ4v) is 4.70. The average Bonchev–Trinajstić information content (AvgIpc) is 3.16. The zero-order valence-corrected chi connectivity index (χ0v) is 18.1. The number of hydrogen-bond acceptors (Lipinski definition) is 3. The number of ether oxygens (including phenoxy) is 1. The number of para-hydroxylation sites is 3. The van der Waals surface area contributed by atoms with E-state index >= 15 is 0 Å². The average molecular weight is 421 g/mol. The highest BCUT2D eigenvalue weighted by molar-refractivity contribution is 5.85. The van der Waals surface area contributed by atoms with Gasteiger partial charge >= 0.3 is 0 Å². The van der Waals surface area contributed by atoms with Crippen molar-refractivity contribution in [3.63, 3.8) is 0 Å². The molecule has 0 bridgehead atoms. The molecule has 0 amide bonds. The molecule has 3 aromatic carbocycles. The Morgan fingerprint density at radius 2 is 1.57 bits per heavy atom. The molecule has 1 saturated heterocycles. The van der Waals surface area contributed by atoms with E-state index in [1.165, 1.54) is 41.9 Å². The number of benzene rings is 3. The molecule has 0 spiro atoms. The second-order valence-electron chi connectivity index (χ2n) is 8.06. The molecule has 4 heteroatoms. The van der Waals surface area contributed by atoms with E-state index in [2.05, 4.69) is 88.7 Å². The maximum absolute atomic E-state index is 6.15. The molecule has 0 aliphatic carbocycles. The second-order valence-corrected chi connectivity index (χ2v) is 8.06. The lowest BCUT2D eigenvalue weighted by atomic mass is 10.1. The van der Waals surface area contributed by atoms with E-state index in [0.717, 1.165) is 25.3 Å². The van der Waals surface area contributed by atoms with E-state index in [1.807, 2.05) is 0 Å². The SMILES string of the molecule is Cl.c1ccc(CCN2CCC[C@@H]2CN2c3ccccc3COc3ccccc32)cc1. The monoisotopic (exact) mass is 420 g/mol. The van der Waals surface area contributed by atoms with E-state index in [-0.39, 0.29) is 12.4 Å². The van der Waals surface area contributed by atoms with Gasteiger partial charge in [-0.1, -0.05) is 60.7 Å². The molecule has 3 aromatic rings. The zero-order chi connectivity index (χ0) is 19.5. The smallest absolute Gasteiger partial charge is 0.143 e. The summed E-state index contributed by atoms with van der Waals surface area (Å²) in [6, 6.07) is 28.6. The summed E-state index contributed by atoms with van der Waals surface area (Å²) in [7, 11) is 0. The van der Waals surface area contributed by atoms with Crippen LogP contribution in [0.5, 0.6) is 5.75 Å². The molecule has 2 aliphatic rings. The first-order valence-corrected chi connectivity index (χ1v) is 10.7. The van der Waals surface area contributed by atoms with Gasteiger partial charge in [0.2, 0.25) is 0 Å². The Kier molecular flexibility index (Phi) is 6.61. The van der Waals surface area contributed by atoms with E-state index < -0.39 is 0 Å². The predicted molar refractivity (Wildman–Crippen MR) is 126 cm³/mol. The number of fused-ring (bicyclic) bond motifs is 2. The lowest BCUT2D eigenvalue weighted by Crippen LogP contribution is -2.39. The van der Waals surface area contributed by atoms with E-state index in [1.54, 1.807) is 0 Å². The topological polar surface area (TPSA) is 15.7 Å². The normalized spacial score (nSPS) is 18.0. The predicted octanol–water partition coefficient (Wildman–Crippen LogP) is 5.85. The molecule has 0 radical (unpaired) electrons. The van der Waals surface area contributed by atoms with Gasteiger partial charge in [-0.25, -0.2) is 0 Å². The van der Waals surface area contributed by atoms with Gasteiger partial charge in [-0.2, -0.15) is 0 Å². The van der Waals surface area contributed by atoms with E-state index in [9.17, 15) is 0 Å². The fourth-order valence-electron chi connectivity index (χ4n) is 4.70. The number of anilines is 2. The number of rotatable bonds is 5. The van der Waals surface area contributed by atoms with Gasteiger partial charge in [-0.3, -0.25) is 4.90 Å². The first kappa shape index (κ1) is 20.8. The van der Waals surface area contributed by atoms with Crippen LogP contribution in [0.4, 0.5) is 11.4 Å². The summed E-state index contributed by atoms with van der Waals surface area (Å²) >= 11 is 0. The van der Waals surface area contributed by atoms with Crippen LogP contribution >= 0.6 is 12.4 Å². The first-order valence-electron chi connectivity index (χ1n) is 10.7. The van der Waals surface area contributed by atoms with Crippen molar-refractivity contribution in [2.24, 2.45) is 0 Å². The number of halogens is 1. The highest BCUT2D eigenvalue weighted by Gasteiger charge is 2.29. The quantitative estimate of drug-likeness (QED) is 0.515. The Bertz CT molecular complexity index is 915. The van der Waals surface area contributed by atoms with E-state index in [0.29, 0.717) is 12.6 Å². The van der Waals surface area contributed by atoms with Crippen molar-refractivity contribution in [2.45, 2.75) is 31.9 Å². The molecule has 1 fully saturated rings. The van der Waals surface area contributed by atoms with Crippen LogP contribution < -0.4 is 9.64 Å². The van der Waals surface area contributed by atoms with E-state index in [4.69, 9.17) is 4.74 Å². The van der Waals surface area contributed by atoms with Gasteiger partial charge in [0.05, 0.1) is 5.69 Å². The maximum atomic E-state index is 6.15. The Balaban J connectivity index is 0.00000218. The molecular weight excluding hydrogens is 392 g/mol. The Morgan fingerprint density at radius 1 is 0.833 bits per heavy atom. The Hall–Kier alpha value is -2.49. The highest BCUT2D eigenvalue weighted by Crippen LogP contribution is 2.40. The van der Waals surface area contributed by atoms with Crippen molar-refractivity contribution < 1.29 is 4.74 Å². The molecule has 1 atom stereocenters. The molecule has 0 N–H and O–H groups in total. The maximum Gasteiger partial charge on any atom is 0.143 e. The highest BCUT2D eigenvalue weighted by atomic mass is 35.5. The Labute approximate surface area is 185 Å². The largest absolute Gasteiger partial charge is 0.487 e. The lowest BCUT2D eigenvalue weighted by molar-refractivity contribution is 0.261. The number of likely N-dealkylation sites (tertiary alicyclic amines) is 1. The summed E-state index contributed by atoms with van der Waals surface area (Å²) in [6.45, 7) is 3.96. The molecule has 0 saturated carbocycles. The third-order valence-corrected chi connectivity index (χ3v) is 6.24. The minimum Gasteiger partial charge on any atom is -0.487 e. The van der Waals surface area contributed by atoms with Gasteiger partial charge in [0.1, 0.15) is 12.4 Å². The molecule has 3 nitrogen and oxygen atoms in total. The van der Waals surface area contributed by atoms with Crippen LogP contribution in [-0.2, 0) is 13.0 Å². The van der Waals surface area contributed by atoms with Crippen LogP contribution in [0, 0.1) is 0 Å².